The predicted molar refractivity (Wildman–Crippen MR) is 146 cm³/mol. The molecule has 0 fully saturated rings. The fourth-order valence-electron chi connectivity index (χ4n) is 5.08. The molecule has 5 aromatic carbocycles. The van der Waals surface area contributed by atoms with Gasteiger partial charge in [0.05, 0.1) is 5.56 Å². The van der Waals surface area contributed by atoms with Gasteiger partial charge in [-0.25, -0.2) is 4.79 Å². The molecule has 0 aromatic heterocycles. The first-order valence-corrected chi connectivity index (χ1v) is 12.8. The number of esters is 1. The molecule has 5 aromatic rings. The molecule has 0 aliphatic carbocycles. The van der Waals surface area contributed by atoms with Crippen LogP contribution in [0.15, 0.2) is 97.1 Å². The fourth-order valence-corrected chi connectivity index (χ4v) is 5.08. The van der Waals surface area contributed by atoms with Gasteiger partial charge in [0.1, 0.15) is 19.8 Å². The zero-order valence-corrected chi connectivity index (χ0v) is 21.0. The van der Waals surface area contributed by atoms with Crippen molar-refractivity contribution >= 4 is 16.7 Å². The molecule has 0 N–H and O–H groups in total. The lowest BCUT2D eigenvalue weighted by atomic mass is 9.90. The molecule has 0 unspecified atom stereocenters. The van der Waals surface area contributed by atoms with Crippen molar-refractivity contribution in [3.05, 3.63) is 119 Å². The molecule has 0 bridgehead atoms. The molecule has 2 heterocycles. The van der Waals surface area contributed by atoms with Crippen LogP contribution in [-0.4, -0.2) is 12.8 Å². The Bertz CT molecular complexity index is 1700. The maximum absolute atomic E-state index is 12.6. The second-order valence-corrected chi connectivity index (χ2v) is 9.49. The number of carbonyl (C=O) groups excluding carboxylic acids is 1. The van der Waals surface area contributed by atoms with Crippen molar-refractivity contribution < 1.29 is 28.5 Å². The highest BCUT2D eigenvalue weighted by atomic mass is 16.7. The van der Waals surface area contributed by atoms with Crippen LogP contribution in [0.25, 0.3) is 21.9 Å². The Morgan fingerprint density at radius 1 is 0.667 bits per heavy atom. The fraction of sp³-hybridized carbons (Fsp3) is 0.121. The molecule has 192 valence electrons. The van der Waals surface area contributed by atoms with E-state index in [4.69, 9.17) is 23.7 Å². The Morgan fingerprint density at radius 3 is 2.05 bits per heavy atom. The van der Waals surface area contributed by atoms with E-state index in [-0.39, 0.29) is 19.4 Å². The summed E-state index contributed by atoms with van der Waals surface area (Å²) in [6, 6.07) is 31.7. The number of hydrogen-bond donors (Lipinski definition) is 0. The smallest absolute Gasteiger partial charge is 0.338 e. The molecule has 0 saturated carbocycles. The van der Waals surface area contributed by atoms with E-state index in [2.05, 4.69) is 0 Å². The minimum absolute atomic E-state index is 0.174. The van der Waals surface area contributed by atoms with E-state index in [0.717, 1.165) is 38.6 Å². The summed E-state index contributed by atoms with van der Waals surface area (Å²) < 4.78 is 29.3. The zero-order chi connectivity index (χ0) is 26.2. The minimum atomic E-state index is -0.325. The first-order valence-electron chi connectivity index (χ1n) is 12.8. The number of rotatable bonds is 7. The summed E-state index contributed by atoms with van der Waals surface area (Å²) >= 11 is 0. The lowest BCUT2D eigenvalue weighted by Gasteiger charge is -2.17. The number of benzene rings is 5. The van der Waals surface area contributed by atoms with Crippen LogP contribution in [0.4, 0.5) is 0 Å². The summed E-state index contributed by atoms with van der Waals surface area (Å²) in [5, 5.41) is 1.83. The molecule has 6 heteroatoms. The Morgan fingerprint density at radius 2 is 1.33 bits per heavy atom. The Balaban J connectivity index is 1.33. The van der Waals surface area contributed by atoms with E-state index in [1.807, 2.05) is 97.1 Å². The molecule has 0 saturated heterocycles. The van der Waals surface area contributed by atoms with Crippen LogP contribution < -0.4 is 18.9 Å². The van der Waals surface area contributed by atoms with Crippen molar-refractivity contribution in [2.75, 3.05) is 6.79 Å². The van der Waals surface area contributed by atoms with E-state index >= 15 is 0 Å². The number of fused-ring (bicyclic) bond motifs is 3. The third-order valence-electron chi connectivity index (χ3n) is 7.02. The molecule has 0 amide bonds. The summed E-state index contributed by atoms with van der Waals surface area (Å²) in [7, 11) is 0. The number of ether oxygens (including phenoxy) is 5. The van der Waals surface area contributed by atoms with Gasteiger partial charge in [0.2, 0.25) is 6.79 Å². The third-order valence-corrected chi connectivity index (χ3v) is 7.02. The minimum Gasteiger partial charge on any atom is -0.485 e. The van der Waals surface area contributed by atoms with Crippen LogP contribution in [0.1, 0.15) is 27.0 Å². The highest BCUT2D eigenvalue weighted by Gasteiger charge is 2.28. The van der Waals surface area contributed by atoms with Gasteiger partial charge in [-0.05, 0) is 63.4 Å². The van der Waals surface area contributed by atoms with Gasteiger partial charge in [0.25, 0.3) is 0 Å². The van der Waals surface area contributed by atoms with Gasteiger partial charge in [-0.1, -0.05) is 66.7 Å². The van der Waals surface area contributed by atoms with Gasteiger partial charge in [0.15, 0.2) is 23.0 Å². The average Bonchev–Trinajstić information content (AvgIpc) is 3.59. The van der Waals surface area contributed by atoms with Crippen LogP contribution in [0.2, 0.25) is 0 Å². The predicted octanol–water partition coefficient (Wildman–Crippen LogP) is 7.06. The summed E-state index contributed by atoms with van der Waals surface area (Å²) in [6.07, 6.45) is 0. The third kappa shape index (κ3) is 4.40. The van der Waals surface area contributed by atoms with Gasteiger partial charge in [0, 0.05) is 5.56 Å². The van der Waals surface area contributed by atoms with E-state index < -0.39 is 0 Å². The first kappa shape index (κ1) is 23.2. The molecule has 2 aliphatic heterocycles. The lowest BCUT2D eigenvalue weighted by Crippen LogP contribution is -2.01. The Labute approximate surface area is 225 Å². The van der Waals surface area contributed by atoms with Crippen LogP contribution in [0.3, 0.4) is 0 Å². The van der Waals surface area contributed by atoms with Crippen LogP contribution in [-0.2, 0) is 24.6 Å². The lowest BCUT2D eigenvalue weighted by molar-refractivity contribution is 0.0535. The number of hydrogen-bond acceptors (Lipinski definition) is 6. The summed E-state index contributed by atoms with van der Waals surface area (Å²) in [5.41, 5.74) is 5.32. The van der Waals surface area contributed by atoms with Gasteiger partial charge >= 0.3 is 5.97 Å². The second kappa shape index (κ2) is 9.72. The number of carbonyl (C=O) groups is 1. The van der Waals surface area contributed by atoms with Crippen molar-refractivity contribution in [3.8, 4) is 34.1 Å². The maximum Gasteiger partial charge on any atom is 0.338 e. The number of cyclic esters (lactones) is 1. The van der Waals surface area contributed by atoms with Crippen LogP contribution in [0, 0.1) is 0 Å². The highest BCUT2D eigenvalue weighted by Crippen LogP contribution is 2.45. The molecule has 0 radical (unpaired) electrons. The van der Waals surface area contributed by atoms with Gasteiger partial charge in [-0.3, -0.25) is 0 Å². The molecular weight excluding hydrogens is 492 g/mol. The Kier molecular flexibility index (Phi) is 5.78. The van der Waals surface area contributed by atoms with Gasteiger partial charge < -0.3 is 23.7 Å². The monoisotopic (exact) mass is 516 g/mol. The van der Waals surface area contributed by atoms with E-state index in [1.165, 1.54) is 0 Å². The maximum atomic E-state index is 12.6. The van der Waals surface area contributed by atoms with E-state index in [9.17, 15) is 4.79 Å². The SMILES string of the molecule is O=C1OCc2c1cc1cc3c(cc1c2-c1ccc(OCc2ccccc2)c(OCc2ccccc2)c1)OCO3. The average molecular weight is 517 g/mol. The normalized spacial score (nSPS) is 13.3. The highest BCUT2D eigenvalue weighted by molar-refractivity contribution is 6.08. The van der Waals surface area contributed by atoms with Crippen LogP contribution in [0.5, 0.6) is 23.0 Å². The second-order valence-electron chi connectivity index (χ2n) is 9.49. The summed E-state index contributed by atoms with van der Waals surface area (Å²) in [4.78, 5) is 12.6. The molecule has 0 spiro atoms. The van der Waals surface area contributed by atoms with Crippen molar-refractivity contribution in [1.29, 1.82) is 0 Å². The topological polar surface area (TPSA) is 63.2 Å². The molecule has 39 heavy (non-hydrogen) atoms. The molecular formula is C33H24O6. The van der Waals surface area contributed by atoms with Crippen molar-refractivity contribution in [3.63, 3.8) is 0 Å². The molecule has 7 rings (SSSR count). The molecule has 0 atom stereocenters. The summed E-state index contributed by atoms with van der Waals surface area (Å²) in [6.45, 7) is 1.19. The van der Waals surface area contributed by atoms with E-state index in [1.54, 1.807) is 0 Å². The largest absolute Gasteiger partial charge is 0.485 e. The first-order chi connectivity index (χ1) is 19.2. The van der Waals surface area contributed by atoms with Gasteiger partial charge in [-0.2, -0.15) is 0 Å². The van der Waals surface area contributed by atoms with Gasteiger partial charge in [-0.15, -0.1) is 0 Å². The molecule has 6 nitrogen and oxygen atoms in total. The standard InChI is InChI=1S/C33H24O6/c34-33-26-13-24-15-30-31(39-20-38-30)16-25(24)32(27(26)19-37-33)23-11-12-28(35-17-21-7-3-1-4-8-21)29(14-23)36-18-22-9-5-2-6-10-22/h1-16H,17-20H2. The Hall–Kier alpha value is -4.97. The summed E-state index contributed by atoms with van der Waals surface area (Å²) in [5.74, 6) is 2.27. The zero-order valence-electron chi connectivity index (χ0n) is 21.0. The van der Waals surface area contributed by atoms with Crippen molar-refractivity contribution in [1.82, 2.24) is 0 Å². The molecule has 2 aliphatic rings. The van der Waals surface area contributed by atoms with Crippen molar-refractivity contribution in [2.24, 2.45) is 0 Å². The quantitative estimate of drug-likeness (QED) is 0.216. The van der Waals surface area contributed by atoms with Crippen molar-refractivity contribution in [2.45, 2.75) is 19.8 Å². The van der Waals surface area contributed by atoms with Crippen LogP contribution >= 0.6 is 0 Å². The van der Waals surface area contributed by atoms with E-state index in [0.29, 0.717) is 41.8 Å².